The lowest BCUT2D eigenvalue weighted by molar-refractivity contribution is 0.00919. The Morgan fingerprint density at radius 3 is 0.610 bits per heavy atom. The van der Waals surface area contributed by atoms with Crippen LogP contribution in [0.4, 0.5) is 0 Å². The maximum absolute atomic E-state index is 5.85. The van der Waals surface area contributed by atoms with E-state index in [1.807, 2.05) is 0 Å². The van der Waals surface area contributed by atoms with E-state index < -0.39 is 0 Å². The van der Waals surface area contributed by atoms with E-state index in [2.05, 4.69) is 208 Å². The Morgan fingerprint density at radius 1 is 0.268 bits per heavy atom. The van der Waals surface area contributed by atoms with Crippen molar-refractivity contribution in [2.24, 2.45) is 21.7 Å². The van der Waals surface area contributed by atoms with Crippen LogP contribution in [0.25, 0.3) is 0 Å². The predicted octanol–water partition coefficient (Wildman–Crippen LogP) is 23.7. The Balaban J connectivity index is 1.62. The largest absolute Gasteiger partial charge is 0.248 e. The molecule has 0 unspecified atom stereocenters. The summed E-state index contributed by atoms with van der Waals surface area (Å²) in [5.41, 5.74) is 18.1. The lowest BCUT2D eigenvalue weighted by atomic mass is 9.48. The van der Waals surface area contributed by atoms with Crippen molar-refractivity contribution in [1.82, 2.24) is 4.98 Å². The monoisotopic (exact) mass is 1150 g/mol. The Hall–Kier alpha value is -2.07. The van der Waals surface area contributed by atoms with Gasteiger partial charge in [-0.15, -0.1) is 0 Å². The summed E-state index contributed by atoms with van der Waals surface area (Å²) in [6, 6.07) is 13.0. The SMILES string of the molecule is CCC1(CC)c2cc3c(c(P=Cc4cccc(C=Pc5c6c(cc7c5C(CC)(CC)C(CC)(CC)C7(CC)CC)C(CC)(CC)C(CC)(CC)C6(CC)CC)n4)c2C(CC)(CC)C1(CC)CC)C(CC)(CC)C(CC)(CC)C3(CC)CC. The molecule has 1 nitrogen and oxygen atoms in total. The molecule has 0 aliphatic heterocycles. The number of fused-ring (bicyclic) bond motifs is 4. The van der Waals surface area contributed by atoms with Crippen molar-refractivity contribution < 1.29 is 0 Å². The summed E-state index contributed by atoms with van der Waals surface area (Å²) in [6.45, 7) is 61.9. The molecule has 0 N–H and O–H groups in total. The fourth-order valence-corrected chi connectivity index (χ4v) is 29.2. The summed E-state index contributed by atoms with van der Waals surface area (Å²) in [5.74, 6) is 5.23. The van der Waals surface area contributed by atoms with Crippen LogP contribution in [0.2, 0.25) is 0 Å². The van der Waals surface area contributed by atoms with Gasteiger partial charge in [-0.25, -0.2) is 4.98 Å². The lowest BCUT2D eigenvalue weighted by Crippen LogP contribution is -2.53. The average Bonchev–Trinajstić information content (AvgIpc) is 1.60. The van der Waals surface area contributed by atoms with E-state index in [4.69, 9.17) is 4.98 Å². The van der Waals surface area contributed by atoms with Crippen molar-refractivity contribution >= 4 is 38.6 Å². The molecule has 0 saturated carbocycles. The minimum Gasteiger partial charge on any atom is -0.248 e. The minimum absolute atomic E-state index is 0.0954. The van der Waals surface area contributed by atoms with Gasteiger partial charge in [0.2, 0.25) is 0 Å². The number of nitrogens with zero attached hydrogens (tertiary/aromatic N) is 1. The van der Waals surface area contributed by atoms with Crippen LogP contribution in [0.3, 0.4) is 0 Å². The van der Waals surface area contributed by atoms with Crippen LogP contribution in [0, 0.1) is 21.7 Å². The molecule has 0 saturated heterocycles. The predicted molar refractivity (Wildman–Crippen MR) is 371 cm³/mol. The van der Waals surface area contributed by atoms with Crippen LogP contribution < -0.4 is 10.6 Å². The van der Waals surface area contributed by atoms with Crippen molar-refractivity contribution in [2.75, 3.05) is 0 Å². The van der Waals surface area contributed by atoms with E-state index in [1.54, 1.807) is 55.1 Å². The zero-order chi connectivity index (χ0) is 61.0. The van der Waals surface area contributed by atoms with E-state index >= 15 is 0 Å². The van der Waals surface area contributed by atoms with Crippen molar-refractivity contribution in [3.63, 3.8) is 0 Å². The van der Waals surface area contributed by atoms with Gasteiger partial charge in [-0.2, -0.15) is 0 Å². The minimum atomic E-state index is 0.0954. The van der Waals surface area contributed by atoms with Crippen LogP contribution in [0.1, 0.15) is 376 Å². The van der Waals surface area contributed by atoms with Gasteiger partial charge in [0.15, 0.2) is 0 Å². The molecule has 2 aromatic carbocycles. The van der Waals surface area contributed by atoms with Gasteiger partial charge in [-0.3, -0.25) is 0 Å². The first-order chi connectivity index (χ1) is 39.3. The molecule has 1 heterocycles. The number of hydrogen-bond donors (Lipinski definition) is 0. The normalized spacial score (nSPS) is 22.4. The second kappa shape index (κ2) is 24.5. The highest BCUT2D eigenvalue weighted by Crippen LogP contribution is 2.77. The van der Waals surface area contributed by atoms with Gasteiger partial charge in [0.1, 0.15) is 0 Å². The number of hydrogen-bond acceptors (Lipinski definition) is 1. The molecule has 0 spiro atoms. The van der Waals surface area contributed by atoms with Crippen LogP contribution in [-0.4, -0.2) is 16.6 Å². The molecule has 458 valence electrons. The van der Waals surface area contributed by atoms with Crippen LogP contribution in [0.5, 0.6) is 0 Å². The third kappa shape index (κ3) is 7.38. The summed E-state index contributed by atoms with van der Waals surface area (Å²) in [4.78, 5) is 5.85. The van der Waals surface area contributed by atoms with Crippen molar-refractivity contribution in [1.29, 1.82) is 0 Å². The van der Waals surface area contributed by atoms with Crippen molar-refractivity contribution in [3.8, 4) is 0 Å². The van der Waals surface area contributed by atoms with E-state index in [0.717, 1.165) is 11.4 Å². The molecule has 1 aromatic heterocycles. The fraction of sp³-hybridized carbons (Fsp3) is 0.759. The van der Waals surface area contributed by atoms with Gasteiger partial charge in [-0.05, 0) is 244 Å². The van der Waals surface area contributed by atoms with E-state index in [-0.39, 0.29) is 65.0 Å². The zero-order valence-electron chi connectivity index (χ0n) is 58.4. The molecule has 0 radical (unpaired) electrons. The molecule has 0 atom stereocenters. The van der Waals surface area contributed by atoms with Gasteiger partial charge in [-0.1, -0.05) is 201 Å². The average molecular weight is 1150 g/mol. The van der Waals surface area contributed by atoms with Gasteiger partial charge < -0.3 is 0 Å². The van der Waals surface area contributed by atoms with Gasteiger partial charge in [0.25, 0.3) is 0 Å². The maximum Gasteiger partial charge on any atom is 0.0682 e. The van der Waals surface area contributed by atoms with Crippen LogP contribution in [-0.2, 0) is 43.3 Å². The Kier molecular flexibility index (Phi) is 20.1. The highest BCUT2D eigenvalue weighted by molar-refractivity contribution is 7.48. The van der Waals surface area contributed by atoms with E-state index in [9.17, 15) is 0 Å². The smallest absolute Gasteiger partial charge is 0.0682 e. The summed E-state index contributed by atoms with van der Waals surface area (Å²) < 4.78 is 0. The highest BCUT2D eigenvalue weighted by atomic mass is 31.1. The quantitative estimate of drug-likeness (QED) is 0.0661. The zero-order valence-corrected chi connectivity index (χ0v) is 60.1. The molecule has 4 aliphatic rings. The Bertz CT molecular complexity index is 2410. The summed E-state index contributed by atoms with van der Waals surface area (Å²) >= 11 is 0. The third-order valence-corrected chi connectivity index (χ3v) is 32.0. The van der Waals surface area contributed by atoms with Gasteiger partial charge >= 0.3 is 0 Å². The molecule has 7 rings (SSSR count). The van der Waals surface area contributed by atoms with E-state index in [0.29, 0.717) is 0 Å². The van der Waals surface area contributed by atoms with Crippen molar-refractivity contribution in [3.05, 3.63) is 86.2 Å². The summed E-state index contributed by atoms with van der Waals surface area (Å²) in [6.07, 6.45) is 29.0. The fourth-order valence-electron chi connectivity index (χ4n) is 26.5. The number of rotatable bonds is 28. The first-order valence-corrected chi connectivity index (χ1v) is 37.8. The molecule has 4 aliphatic carbocycles. The Morgan fingerprint density at radius 2 is 0.451 bits per heavy atom. The summed E-state index contributed by atoms with van der Waals surface area (Å²) in [5, 5.41) is 3.41. The molecule has 3 heteroatoms. The maximum atomic E-state index is 5.85. The first-order valence-electron chi connectivity index (χ1n) is 35.8. The molecular weight excluding hydrogens is 1020 g/mol. The first kappa shape index (κ1) is 67.4. The molecule has 82 heavy (non-hydrogen) atoms. The second-order valence-corrected chi connectivity index (χ2v) is 29.5. The topological polar surface area (TPSA) is 12.9 Å². The number of aromatic nitrogens is 1. The molecular formula is C79H127NP2. The van der Waals surface area contributed by atoms with Crippen molar-refractivity contribution in [2.45, 2.75) is 364 Å². The Labute approximate surface area is 512 Å². The van der Waals surface area contributed by atoms with Gasteiger partial charge in [0, 0.05) is 53.9 Å². The molecule has 0 bridgehead atoms. The lowest BCUT2D eigenvalue weighted by Gasteiger charge is -2.56. The van der Waals surface area contributed by atoms with Crippen LogP contribution >= 0.6 is 16.4 Å². The number of benzene rings is 2. The standard InChI is InChI=1S/C79H127NP2/c1-25-68(26-2)58-52-59-63(73(35-11,36-12)77(43-19,44-20)69(59,27-3)28-4)66(62(58)72(33-9,34-10)76(68,41-17)42-18)81-54-56-50-49-51-57(80-56)55-82-67-64-60(70(29-5,30-6)78(45-21,46-22)74(64,37-13)38-14)53-61-65(67)75(39-15,40-16)79(47-23,48-24)71(61,31-7)32-8/h49-55H,25-48H2,1-24H3. The van der Waals surface area contributed by atoms with E-state index in [1.165, 1.54) is 171 Å². The second-order valence-electron chi connectivity index (χ2n) is 27.6. The molecule has 3 aromatic rings. The van der Waals surface area contributed by atoms with Gasteiger partial charge in [0.05, 0.1) is 11.4 Å². The third-order valence-electron chi connectivity index (χ3n) is 29.8. The number of pyridine rings is 1. The van der Waals surface area contributed by atoms with Crippen LogP contribution in [0.15, 0.2) is 30.3 Å². The summed E-state index contributed by atoms with van der Waals surface area (Å²) in [7, 11) is 2.68. The highest BCUT2D eigenvalue weighted by Gasteiger charge is 2.73. The molecule has 0 amide bonds. The molecule has 0 fully saturated rings.